The molecule has 0 aliphatic rings. The summed E-state index contributed by atoms with van der Waals surface area (Å²) < 4.78 is 42.9. The van der Waals surface area contributed by atoms with Gasteiger partial charge in [0.05, 0.1) is 17.8 Å². The van der Waals surface area contributed by atoms with E-state index in [2.05, 4.69) is 5.10 Å². The topological polar surface area (TPSA) is 53.1 Å². The van der Waals surface area contributed by atoms with Crippen LogP contribution in [-0.4, -0.2) is 29.1 Å². The number of hydrogen-bond donors (Lipinski definition) is 1. The highest BCUT2D eigenvalue weighted by molar-refractivity contribution is 6.32. The van der Waals surface area contributed by atoms with Gasteiger partial charge in [-0.05, 0) is 17.7 Å². The second-order valence-corrected chi connectivity index (χ2v) is 4.74. The first-order valence-corrected chi connectivity index (χ1v) is 6.49. The Morgan fingerprint density at radius 1 is 1.27 bits per heavy atom. The number of rotatable bonds is 5. The van der Waals surface area contributed by atoms with Gasteiger partial charge in [0.25, 0.3) is 0 Å². The lowest BCUT2D eigenvalue weighted by Crippen LogP contribution is -2.19. The third-order valence-corrected chi connectivity index (χ3v) is 2.96. The molecular weight excluding hydrogens is 342 g/mol. The molecule has 0 amide bonds. The molecule has 9 heteroatoms. The van der Waals surface area contributed by atoms with Crippen LogP contribution in [0.4, 0.5) is 13.2 Å². The first kappa shape index (κ1) is 18.6. The summed E-state index contributed by atoms with van der Waals surface area (Å²) in [5.74, 6) is -0.0157. The number of nitrogens with two attached hydrogens (primary N) is 1. The SMILES string of the molecule is Cl.NCCn1cc(-c2ccc(Cl)c(OCC(F)(F)F)c2)cn1. The summed E-state index contributed by atoms with van der Waals surface area (Å²) in [5.41, 5.74) is 6.84. The van der Waals surface area contributed by atoms with Gasteiger partial charge < -0.3 is 10.5 Å². The van der Waals surface area contributed by atoms with E-state index < -0.39 is 12.8 Å². The summed E-state index contributed by atoms with van der Waals surface area (Å²) in [6.45, 7) is -0.380. The van der Waals surface area contributed by atoms with Gasteiger partial charge in [-0.1, -0.05) is 17.7 Å². The van der Waals surface area contributed by atoms with E-state index in [1.807, 2.05) is 0 Å². The Morgan fingerprint density at radius 2 is 2.00 bits per heavy atom. The molecule has 0 spiro atoms. The van der Waals surface area contributed by atoms with E-state index in [-0.39, 0.29) is 23.2 Å². The largest absolute Gasteiger partial charge is 0.483 e. The van der Waals surface area contributed by atoms with Crippen LogP contribution in [0.5, 0.6) is 5.75 Å². The fraction of sp³-hybridized carbons (Fsp3) is 0.308. The van der Waals surface area contributed by atoms with Crippen LogP contribution in [0.3, 0.4) is 0 Å². The molecule has 0 aliphatic carbocycles. The normalized spacial score (nSPS) is 11.1. The second-order valence-electron chi connectivity index (χ2n) is 4.33. The standard InChI is InChI=1S/C13H13ClF3N3O.ClH/c14-11-2-1-9(5-12(11)21-8-13(15,16)17)10-6-19-20(7-10)4-3-18;/h1-2,5-7H,3-4,8,18H2;1H. The van der Waals surface area contributed by atoms with Gasteiger partial charge in [-0.25, -0.2) is 0 Å². The van der Waals surface area contributed by atoms with E-state index in [1.165, 1.54) is 12.1 Å². The van der Waals surface area contributed by atoms with E-state index >= 15 is 0 Å². The highest BCUT2D eigenvalue weighted by Crippen LogP contribution is 2.31. The van der Waals surface area contributed by atoms with E-state index in [0.29, 0.717) is 18.7 Å². The van der Waals surface area contributed by atoms with Crippen molar-refractivity contribution in [3.8, 4) is 16.9 Å². The zero-order chi connectivity index (χ0) is 15.5. The molecule has 0 saturated heterocycles. The fourth-order valence-electron chi connectivity index (χ4n) is 1.72. The minimum absolute atomic E-state index is 0. The molecule has 1 aromatic heterocycles. The average Bonchev–Trinajstić information content (AvgIpc) is 2.86. The lowest BCUT2D eigenvalue weighted by Gasteiger charge is -2.11. The smallest absolute Gasteiger partial charge is 0.422 e. The number of aromatic nitrogens is 2. The number of halogens is 5. The van der Waals surface area contributed by atoms with Crippen LogP contribution < -0.4 is 10.5 Å². The summed E-state index contributed by atoms with van der Waals surface area (Å²) in [7, 11) is 0. The summed E-state index contributed by atoms with van der Waals surface area (Å²) in [6.07, 6.45) is -1.05. The summed E-state index contributed by atoms with van der Waals surface area (Å²) in [6, 6.07) is 4.63. The van der Waals surface area contributed by atoms with E-state index in [1.54, 1.807) is 23.1 Å². The Balaban J connectivity index is 0.00000242. The van der Waals surface area contributed by atoms with Crippen molar-refractivity contribution in [1.29, 1.82) is 0 Å². The Bertz CT molecular complexity index is 617. The van der Waals surface area contributed by atoms with Crippen molar-refractivity contribution in [2.45, 2.75) is 12.7 Å². The fourth-order valence-corrected chi connectivity index (χ4v) is 1.89. The van der Waals surface area contributed by atoms with Crippen molar-refractivity contribution in [3.05, 3.63) is 35.6 Å². The molecule has 4 nitrogen and oxygen atoms in total. The van der Waals surface area contributed by atoms with Gasteiger partial charge in [-0.15, -0.1) is 12.4 Å². The maximum absolute atomic E-state index is 12.2. The van der Waals surface area contributed by atoms with Crippen molar-refractivity contribution in [3.63, 3.8) is 0 Å². The van der Waals surface area contributed by atoms with Gasteiger partial charge in [-0.2, -0.15) is 18.3 Å². The molecule has 2 N–H and O–H groups in total. The van der Waals surface area contributed by atoms with Crippen molar-refractivity contribution >= 4 is 24.0 Å². The van der Waals surface area contributed by atoms with Crippen LogP contribution in [-0.2, 0) is 6.54 Å². The number of hydrogen-bond acceptors (Lipinski definition) is 3. The Kier molecular flexibility index (Phi) is 6.52. The number of ether oxygens (including phenoxy) is 1. The molecule has 2 aromatic rings. The Hall–Kier alpha value is -1.44. The zero-order valence-electron chi connectivity index (χ0n) is 11.3. The van der Waals surface area contributed by atoms with Crippen LogP contribution in [0.25, 0.3) is 11.1 Å². The molecule has 1 heterocycles. The van der Waals surface area contributed by atoms with Gasteiger partial charge >= 0.3 is 6.18 Å². The minimum Gasteiger partial charge on any atom is -0.483 e. The first-order valence-electron chi connectivity index (χ1n) is 6.11. The molecule has 22 heavy (non-hydrogen) atoms. The molecule has 2 rings (SSSR count). The van der Waals surface area contributed by atoms with Crippen LogP contribution in [0, 0.1) is 0 Å². The van der Waals surface area contributed by atoms with Gasteiger partial charge in [0.2, 0.25) is 0 Å². The number of alkyl halides is 3. The monoisotopic (exact) mass is 355 g/mol. The zero-order valence-corrected chi connectivity index (χ0v) is 12.9. The first-order chi connectivity index (χ1) is 9.89. The van der Waals surface area contributed by atoms with E-state index in [0.717, 1.165) is 5.56 Å². The third kappa shape index (κ3) is 5.08. The average molecular weight is 356 g/mol. The molecule has 0 fully saturated rings. The molecule has 0 bridgehead atoms. The predicted octanol–water partition coefficient (Wildman–Crippen LogP) is 3.53. The van der Waals surface area contributed by atoms with Gasteiger partial charge in [-0.3, -0.25) is 4.68 Å². The van der Waals surface area contributed by atoms with Crippen molar-refractivity contribution in [2.75, 3.05) is 13.2 Å². The molecule has 0 radical (unpaired) electrons. The quantitative estimate of drug-likeness (QED) is 0.892. The third-order valence-electron chi connectivity index (χ3n) is 2.65. The second kappa shape index (κ2) is 7.71. The molecule has 0 saturated carbocycles. The molecular formula is C13H14Cl2F3N3O. The highest BCUT2D eigenvalue weighted by Gasteiger charge is 2.28. The molecule has 1 aromatic carbocycles. The maximum Gasteiger partial charge on any atom is 0.422 e. The minimum atomic E-state index is -4.41. The van der Waals surface area contributed by atoms with Crippen LogP contribution in [0.1, 0.15) is 0 Å². The van der Waals surface area contributed by atoms with Gasteiger partial charge in [0.1, 0.15) is 5.75 Å². The summed E-state index contributed by atoms with van der Waals surface area (Å²) in [5, 5.41) is 4.23. The van der Waals surface area contributed by atoms with E-state index in [9.17, 15) is 13.2 Å². The molecule has 0 unspecified atom stereocenters. The maximum atomic E-state index is 12.2. The predicted molar refractivity (Wildman–Crippen MR) is 80.5 cm³/mol. The summed E-state index contributed by atoms with van der Waals surface area (Å²) >= 11 is 5.84. The van der Waals surface area contributed by atoms with E-state index in [4.69, 9.17) is 22.1 Å². The van der Waals surface area contributed by atoms with Crippen molar-refractivity contribution in [1.82, 2.24) is 9.78 Å². The number of nitrogens with zero attached hydrogens (tertiary/aromatic N) is 2. The van der Waals surface area contributed by atoms with Crippen LogP contribution in [0.15, 0.2) is 30.6 Å². The molecule has 122 valence electrons. The molecule has 0 atom stereocenters. The van der Waals surface area contributed by atoms with Crippen LogP contribution >= 0.6 is 24.0 Å². The lowest BCUT2D eigenvalue weighted by atomic mass is 10.1. The van der Waals surface area contributed by atoms with Crippen molar-refractivity contribution < 1.29 is 17.9 Å². The Morgan fingerprint density at radius 3 is 2.64 bits per heavy atom. The Labute approximate surface area is 136 Å². The number of benzene rings is 1. The summed E-state index contributed by atoms with van der Waals surface area (Å²) in [4.78, 5) is 0. The van der Waals surface area contributed by atoms with Crippen molar-refractivity contribution in [2.24, 2.45) is 5.73 Å². The molecule has 0 aliphatic heterocycles. The highest BCUT2D eigenvalue weighted by atomic mass is 35.5. The van der Waals surface area contributed by atoms with Gasteiger partial charge in [0.15, 0.2) is 6.61 Å². The lowest BCUT2D eigenvalue weighted by molar-refractivity contribution is -0.153. The van der Waals surface area contributed by atoms with Gasteiger partial charge in [0, 0.05) is 18.3 Å². The van der Waals surface area contributed by atoms with Crippen LogP contribution in [0.2, 0.25) is 5.02 Å².